The van der Waals surface area contributed by atoms with Crippen molar-refractivity contribution < 1.29 is 14.0 Å². The van der Waals surface area contributed by atoms with Gasteiger partial charge in [-0.2, -0.15) is 0 Å². The molecule has 4 heteroatoms. The van der Waals surface area contributed by atoms with E-state index in [9.17, 15) is 14.0 Å². The summed E-state index contributed by atoms with van der Waals surface area (Å²) in [5, 5.41) is 0. The average molecular weight is 458 g/mol. The summed E-state index contributed by atoms with van der Waals surface area (Å²) in [5.41, 5.74) is 4.20. The van der Waals surface area contributed by atoms with Gasteiger partial charge in [0.15, 0.2) is 0 Å². The summed E-state index contributed by atoms with van der Waals surface area (Å²) in [5.74, 6) is -1.27. The van der Waals surface area contributed by atoms with Crippen LogP contribution in [-0.2, 0) is 15.0 Å². The number of halogens is 1. The molecule has 1 heterocycles. The van der Waals surface area contributed by atoms with Gasteiger partial charge in [0.25, 0.3) is 11.8 Å². The van der Waals surface area contributed by atoms with Crippen LogP contribution in [0.4, 0.5) is 10.1 Å². The normalized spacial score (nSPS) is 18.9. The number of hydrogen-bond donors (Lipinski definition) is 0. The summed E-state index contributed by atoms with van der Waals surface area (Å²) in [4.78, 5) is 29.1. The minimum atomic E-state index is -1.22. The first-order valence-corrected chi connectivity index (χ1v) is 11.4. The highest BCUT2D eigenvalue weighted by atomic mass is 19.1. The van der Waals surface area contributed by atoms with Crippen LogP contribution in [0, 0.1) is 5.82 Å². The molecule has 3 nitrogen and oxygen atoms in total. The van der Waals surface area contributed by atoms with E-state index < -0.39 is 17.1 Å². The highest BCUT2D eigenvalue weighted by molar-refractivity contribution is 6.27. The third kappa shape index (κ3) is 3.11. The lowest BCUT2D eigenvalue weighted by Crippen LogP contribution is -2.55. The predicted molar refractivity (Wildman–Crippen MR) is 134 cm³/mol. The largest absolute Gasteiger partial charge is 0.272 e. The lowest BCUT2D eigenvalue weighted by Gasteiger charge is -2.44. The van der Waals surface area contributed by atoms with E-state index in [2.05, 4.69) is 0 Å². The number of carbonyl (C=O) groups excluding carboxylic acids is 2. The first kappa shape index (κ1) is 21.0. The van der Waals surface area contributed by atoms with Crippen molar-refractivity contribution in [2.45, 2.75) is 5.41 Å². The van der Waals surface area contributed by atoms with Crippen LogP contribution in [0.3, 0.4) is 0 Å². The zero-order chi connectivity index (χ0) is 24.0. The predicted octanol–water partition coefficient (Wildman–Crippen LogP) is 6.06. The van der Waals surface area contributed by atoms with E-state index in [1.807, 2.05) is 91.0 Å². The van der Waals surface area contributed by atoms with Crippen LogP contribution in [0.2, 0.25) is 0 Å². The molecular formula is C31H20FNO2. The molecule has 0 spiro atoms. The van der Waals surface area contributed by atoms with Crippen molar-refractivity contribution in [3.05, 3.63) is 155 Å². The number of benzene rings is 4. The van der Waals surface area contributed by atoms with E-state index in [-0.39, 0.29) is 5.91 Å². The molecule has 4 aromatic carbocycles. The Morgan fingerprint density at radius 1 is 0.657 bits per heavy atom. The van der Waals surface area contributed by atoms with Crippen molar-refractivity contribution in [2.24, 2.45) is 0 Å². The molecule has 1 atom stereocenters. The number of nitrogens with zero attached hydrogens (tertiary/aromatic N) is 1. The smallest absolute Gasteiger partial charge is 0.258 e. The van der Waals surface area contributed by atoms with Gasteiger partial charge in [-0.3, -0.25) is 9.59 Å². The molecule has 0 N–H and O–H groups in total. The van der Waals surface area contributed by atoms with Gasteiger partial charge in [0.1, 0.15) is 11.2 Å². The standard InChI is InChI=1S/C31H20FNO2/c32-24-15-17-25(18-16-24)33-29(34)20-23-19-27(21-9-3-1-4-10-21)26-13-7-8-14-28(26)31(23,30(33)35)22-11-5-2-6-12-22/h1-20H. The molecule has 4 aromatic rings. The summed E-state index contributed by atoms with van der Waals surface area (Å²) in [6.07, 6.45) is 3.50. The molecule has 168 valence electrons. The summed E-state index contributed by atoms with van der Waals surface area (Å²) < 4.78 is 13.7. The highest BCUT2D eigenvalue weighted by Gasteiger charge is 2.54. The summed E-state index contributed by atoms with van der Waals surface area (Å²) in [7, 11) is 0. The Morgan fingerprint density at radius 2 is 1.29 bits per heavy atom. The van der Waals surface area contributed by atoms with Crippen LogP contribution in [0.25, 0.3) is 5.57 Å². The second-order valence-corrected chi connectivity index (χ2v) is 8.64. The molecule has 6 rings (SSSR count). The van der Waals surface area contributed by atoms with Crippen LogP contribution < -0.4 is 4.90 Å². The van der Waals surface area contributed by atoms with Gasteiger partial charge >= 0.3 is 0 Å². The molecule has 2 amide bonds. The minimum absolute atomic E-state index is 0.335. The quantitative estimate of drug-likeness (QED) is 0.351. The zero-order valence-corrected chi connectivity index (χ0v) is 18.7. The Morgan fingerprint density at radius 3 is 2.00 bits per heavy atom. The molecule has 1 aliphatic carbocycles. The van der Waals surface area contributed by atoms with Gasteiger partial charge in [-0.05, 0) is 63.7 Å². The molecule has 1 unspecified atom stereocenters. The SMILES string of the molecule is O=C1C=C2C=C(c3ccccc3)c3ccccc3C2(c2ccccc2)C(=O)N1c1ccc(F)cc1. The third-order valence-corrected chi connectivity index (χ3v) is 6.75. The third-order valence-electron chi connectivity index (χ3n) is 6.75. The average Bonchev–Trinajstić information content (AvgIpc) is 2.90. The van der Waals surface area contributed by atoms with Gasteiger partial charge in [0, 0.05) is 6.08 Å². The molecule has 0 radical (unpaired) electrons. The van der Waals surface area contributed by atoms with Gasteiger partial charge < -0.3 is 0 Å². The second-order valence-electron chi connectivity index (χ2n) is 8.64. The number of hydrogen-bond acceptors (Lipinski definition) is 2. The number of fused-ring (bicyclic) bond motifs is 3. The maximum atomic E-state index is 14.5. The van der Waals surface area contributed by atoms with Crippen LogP contribution in [0.15, 0.2) is 127 Å². The van der Waals surface area contributed by atoms with Gasteiger partial charge in [-0.15, -0.1) is 0 Å². The molecule has 1 aliphatic heterocycles. The Kier molecular flexibility index (Phi) is 4.82. The molecule has 0 saturated carbocycles. The maximum Gasteiger partial charge on any atom is 0.258 e. The summed E-state index contributed by atoms with van der Waals surface area (Å²) in [6.45, 7) is 0. The fourth-order valence-corrected chi connectivity index (χ4v) is 5.22. The Balaban J connectivity index is 1.68. The molecular weight excluding hydrogens is 437 g/mol. The number of amides is 2. The summed E-state index contributed by atoms with van der Waals surface area (Å²) >= 11 is 0. The van der Waals surface area contributed by atoms with E-state index >= 15 is 0 Å². The van der Waals surface area contributed by atoms with Crippen LogP contribution in [0.5, 0.6) is 0 Å². The lowest BCUT2D eigenvalue weighted by molar-refractivity contribution is -0.127. The van der Waals surface area contributed by atoms with Crippen LogP contribution >= 0.6 is 0 Å². The van der Waals surface area contributed by atoms with E-state index in [1.165, 1.54) is 30.3 Å². The zero-order valence-electron chi connectivity index (χ0n) is 18.7. The van der Waals surface area contributed by atoms with Crippen LogP contribution in [0.1, 0.15) is 22.3 Å². The van der Waals surface area contributed by atoms with Gasteiger partial charge in [-0.25, -0.2) is 9.29 Å². The first-order chi connectivity index (χ1) is 17.1. The molecule has 0 fully saturated rings. The molecule has 0 saturated heterocycles. The fourth-order valence-electron chi connectivity index (χ4n) is 5.22. The van der Waals surface area contributed by atoms with Crippen LogP contribution in [-0.4, -0.2) is 11.8 Å². The Labute approximate surface area is 202 Å². The maximum absolute atomic E-state index is 14.5. The molecule has 35 heavy (non-hydrogen) atoms. The number of carbonyl (C=O) groups is 2. The van der Waals surface area contributed by atoms with E-state index in [0.29, 0.717) is 11.3 Å². The van der Waals surface area contributed by atoms with Gasteiger partial charge in [0.05, 0.1) is 5.69 Å². The molecule has 0 bridgehead atoms. The number of allylic oxidation sites excluding steroid dienone is 1. The van der Waals surface area contributed by atoms with Crippen molar-refractivity contribution in [1.29, 1.82) is 0 Å². The van der Waals surface area contributed by atoms with E-state index in [4.69, 9.17) is 0 Å². The Hall–Kier alpha value is -4.57. The first-order valence-electron chi connectivity index (χ1n) is 11.4. The van der Waals surface area contributed by atoms with Gasteiger partial charge in [-0.1, -0.05) is 84.9 Å². The van der Waals surface area contributed by atoms with Gasteiger partial charge in [0.2, 0.25) is 0 Å². The molecule has 2 aliphatic rings. The van der Waals surface area contributed by atoms with Crippen molar-refractivity contribution in [3.8, 4) is 0 Å². The number of anilines is 1. The van der Waals surface area contributed by atoms with Crippen molar-refractivity contribution in [1.82, 2.24) is 0 Å². The summed E-state index contributed by atoms with van der Waals surface area (Å²) in [6, 6.07) is 32.8. The van der Waals surface area contributed by atoms with E-state index in [1.54, 1.807) is 0 Å². The molecule has 0 aromatic heterocycles. The van der Waals surface area contributed by atoms with Crippen molar-refractivity contribution >= 4 is 23.1 Å². The highest BCUT2D eigenvalue weighted by Crippen LogP contribution is 2.51. The van der Waals surface area contributed by atoms with Crippen molar-refractivity contribution in [2.75, 3.05) is 4.90 Å². The van der Waals surface area contributed by atoms with E-state index in [0.717, 1.165) is 32.7 Å². The number of rotatable bonds is 3. The monoisotopic (exact) mass is 457 g/mol. The van der Waals surface area contributed by atoms with Crippen molar-refractivity contribution in [3.63, 3.8) is 0 Å². The fraction of sp³-hybridized carbons (Fsp3) is 0.0323. The Bertz CT molecular complexity index is 1520. The topological polar surface area (TPSA) is 37.4 Å². The minimum Gasteiger partial charge on any atom is -0.272 e. The lowest BCUT2D eigenvalue weighted by atomic mass is 9.61. The second kappa shape index (κ2) is 8.03. The number of imide groups is 1.